The number of anilines is 2. The van der Waals surface area contributed by atoms with Crippen molar-refractivity contribution in [3.05, 3.63) is 47.7 Å². The van der Waals surface area contributed by atoms with Crippen LogP contribution in [0.15, 0.2) is 36.5 Å². The molecule has 9 heteroatoms. The number of carbonyl (C=O) groups excluding carboxylic acids is 3. The molecule has 1 saturated heterocycles. The fourth-order valence-corrected chi connectivity index (χ4v) is 3.78. The quantitative estimate of drug-likeness (QED) is 0.687. The van der Waals surface area contributed by atoms with Gasteiger partial charge in [0.05, 0.1) is 12.2 Å². The Labute approximate surface area is 186 Å². The molecule has 4 rings (SSSR count). The number of nitrogens with one attached hydrogen (secondary N) is 1. The minimum absolute atomic E-state index is 0.0191. The van der Waals surface area contributed by atoms with Crippen molar-refractivity contribution >= 4 is 29.3 Å². The lowest BCUT2D eigenvalue weighted by atomic mass is 10.0. The van der Waals surface area contributed by atoms with Gasteiger partial charge in [0.1, 0.15) is 11.6 Å². The predicted octanol–water partition coefficient (Wildman–Crippen LogP) is 1.87. The van der Waals surface area contributed by atoms with Crippen LogP contribution in [0.1, 0.15) is 29.3 Å². The van der Waals surface area contributed by atoms with Gasteiger partial charge < -0.3 is 24.6 Å². The van der Waals surface area contributed by atoms with Gasteiger partial charge in [-0.1, -0.05) is 0 Å². The molecule has 9 nitrogen and oxygen atoms in total. The van der Waals surface area contributed by atoms with E-state index in [0.29, 0.717) is 56.9 Å². The zero-order chi connectivity index (χ0) is 22.5. The minimum atomic E-state index is -0.384. The first kappa shape index (κ1) is 21.6. The number of aryl methyl sites for hydroxylation is 1. The number of esters is 1. The average molecular weight is 438 g/mol. The first-order valence-corrected chi connectivity index (χ1v) is 10.7. The number of ether oxygens (including phenoxy) is 2. The van der Waals surface area contributed by atoms with Crippen LogP contribution < -0.4 is 15.0 Å². The number of carbonyl (C=O) groups is 3. The molecule has 168 valence electrons. The standard InChI is InChI=1S/C23H26N4O5/c1-2-31-23(30)17-3-7-20(24-14-17)26-9-11-27(12-10-26)22(29)15-32-18-5-6-19-16(13-18)4-8-21(28)25-19/h3,5-7,13-14H,2,4,8-12,15H2,1H3,(H,25,28). The Kier molecular flexibility index (Phi) is 6.53. The second kappa shape index (κ2) is 9.67. The Bertz CT molecular complexity index is 1000. The molecular weight excluding hydrogens is 412 g/mol. The lowest BCUT2D eigenvalue weighted by Crippen LogP contribution is -2.50. The Hall–Kier alpha value is -3.62. The first-order chi connectivity index (χ1) is 15.5. The molecule has 1 aromatic carbocycles. The molecule has 1 N–H and O–H groups in total. The maximum atomic E-state index is 12.6. The summed E-state index contributed by atoms with van der Waals surface area (Å²) in [5.41, 5.74) is 2.25. The van der Waals surface area contributed by atoms with Gasteiger partial charge in [-0.2, -0.15) is 0 Å². The number of fused-ring (bicyclic) bond motifs is 1. The van der Waals surface area contributed by atoms with Gasteiger partial charge in [-0.3, -0.25) is 9.59 Å². The molecule has 0 aliphatic carbocycles. The van der Waals surface area contributed by atoms with E-state index in [-0.39, 0.29) is 24.4 Å². The van der Waals surface area contributed by atoms with Crippen LogP contribution in [-0.2, 0) is 20.7 Å². The number of pyridine rings is 1. The van der Waals surface area contributed by atoms with Gasteiger partial charge in [0.15, 0.2) is 6.61 Å². The summed E-state index contributed by atoms with van der Waals surface area (Å²) in [5, 5.41) is 2.83. The molecule has 1 aromatic heterocycles. The van der Waals surface area contributed by atoms with Gasteiger partial charge >= 0.3 is 5.97 Å². The third kappa shape index (κ3) is 4.99. The highest BCUT2D eigenvalue weighted by atomic mass is 16.5. The van der Waals surface area contributed by atoms with Crippen LogP contribution in [0.4, 0.5) is 11.5 Å². The lowest BCUT2D eigenvalue weighted by Gasteiger charge is -2.35. The number of rotatable bonds is 6. The van der Waals surface area contributed by atoms with Crippen LogP contribution in [0.2, 0.25) is 0 Å². The van der Waals surface area contributed by atoms with Crippen molar-refractivity contribution in [2.45, 2.75) is 19.8 Å². The summed E-state index contributed by atoms with van der Waals surface area (Å²) in [6.45, 7) is 4.49. The van der Waals surface area contributed by atoms with Gasteiger partial charge in [-0.05, 0) is 49.2 Å². The molecule has 2 amide bonds. The highest BCUT2D eigenvalue weighted by Gasteiger charge is 2.23. The number of amides is 2. The molecule has 32 heavy (non-hydrogen) atoms. The zero-order valence-electron chi connectivity index (χ0n) is 18.0. The van der Waals surface area contributed by atoms with E-state index in [1.54, 1.807) is 30.0 Å². The van der Waals surface area contributed by atoms with Crippen molar-refractivity contribution in [1.29, 1.82) is 0 Å². The summed E-state index contributed by atoms with van der Waals surface area (Å²) >= 11 is 0. The SMILES string of the molecule is CCOC(=O)c1ccc(N2CCN(C(=O)COc3ccc4c(c3)CCC(=O)N4)CC2)nc1. The van der Waals surface area contributed by atoms with E-state index in [2.05, 4.69) is 15.2 Å². The molecule has 0 spiro atoms. The fourth-order valence-electron chi connectivity index (χ4n) is 3.78. The summed E-state index contributed by atoms with van der Waals surface area (Å²) in [4.78, 5) is 44.0. The van der Waals surface area contributed by atoms with Crippen LogP contribution in [0, 0.1) is 0 Å². The number of aromatic nitrogens is 1. The maximum absolute atomic E-state index is 12.6. The number of nitrogens with zero attached hydrogens (tertiary/aromatic N) is 3. The smallest absolute Gasteiger partial charge is 0.339 e. The third-order valence-corrected chi connectivity index (χ3v) is 5.55. The second-order valence-corrected chi connectivity index (χ2v) is 7.65. The van der Waals surface area contributed by atoms with Crippen LogP contribution in [0.5, 0.6) is 5.75 Å². The molecule has 2 aliphatic heterocycles. The summed E-state index contributed by atoms with van der Waals surface area (Å²) in [6.07, 6.45) is 2.64. The molecule has 3 heterocycles. The number of hydrogen-bond donors (Lipinski definition) is 1. The molecule has 0 atom stereocenters. The Morgan fingerprint density at radius 1 is 1.09 bits per heavy atom. The molecule has 2 aliphatic rings. The maximum Gasteiger partial charge on any atom is 0.339 e. The minimum Gasteiger partial charge on any atom is -0.484 e. The van der Waals surface area contributed by atoms with Gasteiger partial charge in [-0.15, -0.1) is 0 Å². The molecule has 0 radical (unpaired) electrons. The van der Waals surface area contributed by atoms with E-state index in [1.807, 2.05) is 12.1 Å². The van der Waals surface area contributed by atoms with Crippen molar-refractivity contribution in [3.8, 4) is 5.75 Å². The normalized spacial score (nSPS) is 15.6. The topological polar surface area (TPSA) is 101 Å². The van der Waals surface area contributed by atoms with E-state index in [0.717, 1.165) is 17.1 Å². The van der Waals surface area contributed by atoms with E-state index < -0.39 is 0 Å². The number of piperazine rings is 1. The predicted molar refractivity (Wildman–Crippen MR) is 118 cm³/mol. The van der Waals surface area contributed by atoms with Crippen LogP contribution in [0.3, 0.4) is 0 Å². The largest absolute Gasteiger partial charge is 0.484 e. The molecule has 0 unspecified atom stereocenters. The van der Waals surface area contributed by atoms with Crippen LogP contribution in [-0.4, -0.2) is 67.1 Å². The summed E-state index contributed by atoms with van der Waals surface area (Å²) in [5.74, 6) is 0.956. The summed E-state index contributed by atoms with van der Waals surface area (Å²) in [6, 6.07) is 8.96. The highest BCUT2D eigenvalue weighted by molar-refractivity contribution is 5.94. The fraction of sp³-hybridized carbons (Fsp3) is 0.391. The van der Waals surface area contributed by atoms with Crippen LogP contribution in [0.25, 0.3) is 0 Å². The van der Waals surface area contributed by atoms with E-state index in [1.165, 1.54) is 6.20 Å². The average Bonchev–Trinajstić information content (AvgIpc) is 2.83. The number of hydrogen-bond acceptors (Lipinski definition) is 7. The highest BCUT2D eigenvalue weighted by Crippen LogP contribution is 2.26. The second-order valence-electron chi connectivity index (χ2n) is 7.65. The molecule has 2 aromatic rings. The van der Waals surface area contributed by atoms with Crippen molar-refractivity contribution in [2.75, 3.05) is 49.6 Å². The Morgan fingerprint density at radius 3 is 2.62 bits per heavy atom. The Morgan fingerprint density at radius 2 is 1.91 bits per heavy atom. The van der Waals surface area contributed by atoms with E-state index >= 15 is 0 Å². The zero-order valence-corrected chi connectivity index (χ0v) is 18.0. The van der Waals surface area contributed by atoms with Crippen molar-refractivity contribution in [1.82, 2.24) is 9.88 Å². The Balaban J connectivity index is 1.26. The van der Waals surface area contributed by atoms with Crippen molar-refractivity contribution in [3.63, 3.8) is 0 Å². The van der Waals surface area contributed by atoms with Crippen LogP contribution >= 0.6 is 0 Å². The van der Waals surface area contributed by atoms with Crippen molar-refractivity contribution in [2.24, 2.45) is 0 Å². The monoisotopic (exact) mass is 438 g/mol. The van der Waals surface area contributed by atoms with Gasteiger partial charge in [0, 0.05) is 44.5 Å². The number of benzene rings is 1. The lowest BCUT2D eigenvalue weighted by molar-refractivity contribution is -0.133. The van der Waals surface area contributed by atoms with E-state index in [4.69, 9.17) is 9.47 Å². The van der Waals surface area contributed by atoms with E-state index in [9.17, 15) is 14.4 Å². The summed E-state index contributed by atoms with van der Waals surface area (Å²) in [7, 11) is 0. The van der Waals surface area contributed by atoms with Gasteiger partial charge in [0.25, 0.3) is 5.91 Å². The van der Waals surface area contributed by atoms with Gasteiger partial charge in [-0.25, -0.2) is 9.78 Å². The van der Waals surface area contributed by atoms with Crippen molar-refractivity contribution < 1.29 is 23.9 Å². The molecule has 0 saturated carbocycles. The summed E-state index contributed by atoms with van der Waals surface area (Å²) < 4.78 is 10.7. The first-order valence-electron chi connectivity index (χ1n) is 10.7. The molecule has 0 bridgehead atoms. The molecular formula is C23H26N4O5. The van der Waals surface area contributed by atoms with Gasteiger partial charge in [0.2, 0.25) is 5.91 Å². The molecule has 1 fully saturated rings. The third-order valence-electron chi connectivity index (χ3n) is 5.55.